The summed E-state index contributed by atoms with van der Waals surface area (Å²) in [5.74, 6) is -0.155. The summed E-state index contributed by atoms with van der Waals surface area (Å²) in [6.45, 7) is 0. The van der Waals surface area contributed by atoms with Gasteiger partial charge < -0.3 is 11.1 Å². The zero-order chi connectivity index (χ0) is 13.9. The number of carbonyl (C=O) groups is 1. The van der Waals surface area contributed by atoms with E-state index in [1.54, 1.807) is 4.68 Å². The quantitative estimate of drug-likeness (QED) is 0.867. The van der Waals surface area contributed by atoms with Crippen LogP contribution in [0.3, 0.4) is 0 Å². The first-order valence-electron chi connectivity index (χ1n) is 6.76. The van der Waals surface area contributed by atoms with E-state index in [1.165, 1.54) is 6.20 Å². The van der Waals surface area contributed by atoms with Crippen molar-refractivity contribution in [2.75, 3.05) is 0 Å². The van der Waals surface area contributed by atoms with Crippen LogP contribution >= 0.6 is 0 Å². The lowest BCUT2D eigenvalue weighted by Crippen LogP contribution is -2.35. The number of hydrogen-bond acceptors (Lipinski definition) is 4. The van der Waals surface area contributed by atoms with Gasteiger partial charge in [-0.15, -0.1) is 5.10 Å². The van der Waals surface area contributed by atoms with Crippen molar-refractivity contribution in [2.24, 2.45) is 5.73 Å². The summed E-state index contributed by atoms with van der Waals surface area (Å²) >= 11 is 0. The molecule has 2 aromatic rings. The van der Waals surface area contributed by atoms with Crippen molar-refractivity contribution in [2.45, 2.75) is 31.3 Å². The van der Waals surface area contributed by atoms with Crippen LogP contribution in [0.4, 0.5) is 0 Å². The number of benzene rings is 1. The number of hydrogen-bond donors (Lipinski definition) is 2. The Morgan fingerprint density at radius 1 is 1.30 bits per heavy atom. The van der Waals surface area contributed by atoms with Crippen LogP contribution in [-0.2, 0) is 0 Å². The van der Waals surface area contributed by atoms with Gasteiger partial charge in [0, 0.05) is 12.1 Å². The molecule has 1 heterocycles. The highest BCUT2D eigenvalue weighted by Crippen LogP contribution is 2.18. The van der Waals surface area contributed by atoms with Gasteiger partial charge >= 0.3 is 0 Å². The lowest BCUT2D eigenvalue weighted by atomic mass is 10.2. The molecule has 1 aliphatic rings. The van der Waals surface area contributed by atoms with Gasteiger partial charge in [-0.1, -0.05) is 23.4 Å². The molecule has 1 aromatic heterocycles. The second-order valence-corrected chi connectivity index (χ2v) is 5.11. The van der Waals surface area contributed by atoms with E-state index in [-0.39, 0.29) is 18.0 Å². The Kier molecular flexibility index (Phi) is 3.47. The smallest absolute Gasteiger partial charge is 0.271 e. The van der Waals surface area contributed by atoms with E-state index in [4.69, 9.17) is 5.73 Å². The van der Waals surface area contributed by atoms with Crippen LogP contribution in [-0.4, -0.2) is 33.0 Å². The van der Waals surface area contributed by atoms with Gasteiger partial charge in [-0.25, -0.2) is 4.68 Å². The Balaban J connectivity index is 1.78. The maximum absolute atomic E-state index is 12.3. The van der Waals surface area contributed by atoms with Crippen molar-refractivity contribution in [3.05, 3.63) is 42.2 Å². The summed E-state index contributed by atoms with van der Waals surface area (Å²) < 4.78 is 1.55. The summed E-state index contributed by atoms with van der Waals surface area (Å²) in [5, 5.41) is 10.8. The highest BCUT2D eigenvalue weighted by Gasteiger charge is 2.25. The van der Waals surface area contributed by atoms with E-state index in [1.807, 2.05) is 30.3 Å². The Bertz CT molecular complexity index is 595. The largest absolute Gasteiger partial charge is 0.348 e. The van der Waals surface area contributed by atoms with Crippen molar-refractivity contribution < 1.29 is 4.79 Å². The number of nitrogens with one attached hydrogen (secondary N) is 1. The van der Waals surface area contributed by atoms with E-state index in [9.17, 15) is 4.79 Å². The molecule has 2 atom stereocenters. The van der Waals surface area contributed by atoms with Crippen molar-refractivity contribution in [3.63, 3.8) is 0 Å². The van der Waals surface area contributed by atoms with Gasteiger partial charge in [0.1, 0.15) is 0 Å². The SMILES string of the molecule is N[C@H]1CC[C@H](NC(=O)c2cnnn2-c2ccccc2)C1. The van der Waals surface area contributed by atoms with Crippen LogP contribution < -0.4 is 11.1 Å². The molecule has 104 valence electrons. The van der Waals surface area contributed by atoms with Gasteiger partial charge in [-0.2, -0.15) is 0 Å². The predicted molar refractivity (Wildman–Crippen MR) is 74.4 cm³/mol. The summed E-state index contributed by atoms with van der Waals surface area (Å²) in [4.78, 5) is 12.3. The fourth-order valence-electron chi connectivity index (χ4n) is 2.56. The molecule has 0 saturated heterocycles. The number of aromatic nitrogens is 3. The Morgan fingerprint density at radius 3 is 2.80 bits per heavy atom. The molecule has 1 amide bonds. The van der Waals surface area contributed by atoms with Crippen LogP contribution in [0.1, 0.15) is 29.8 Å². The maximum atomic E-state index is 12.3. The molecule has 6 nitrogen and oxygen atoms in total. The molecule has 6 heteroatoms. The van der Waals surface area contributed by atoms with Crippen molar-refractivity contribution in [1.29, 1.82) is 0 Å². The molecule has 0 bridgehead atoms. The fraction of sp³-hybridized carbons (Fsp3) is 0.357. The Labute approximate surface area is 117 Å². The number of amides is 1. The summed E-state index contributed by atoms with van der Waals surface area (Å²) in [5.41, 5.74) is 7.12. The third-order valence-electron chi connectivity index (χ3n) is 3.59. The number of rotatable bonds is 3. The highest BCUT2D eigenvalue weighted by atomic mass is 16.2. The molecule has 0 radical (unpaired) electrons. The number of carbonyl (C=O) groups excluding carboxylic acids is 1. The third-order valence-corrected chi connectivity index (χ3v) is 3.59. The minimum Gasteiger partial charge on any atom is -0.348 e. The molecule has 0 spiro atoms. The number of nitrogens with two attached hydrogens (primary N) is 1. The van der Waals surface area contributed by atoms with E-state index < -0.39 is 0 Å². The zero-order valence-corrected chi connectivity index (χ0v) is 11.1. The topological polar surface area (TPSA) is 85.8 Å². The van der Waals surface area contributed by atoms with Gasteiger partial charge in [-0.05, 0) is 31.4 Å². The lowest BCUT2D eigenvalue weighted by molar-refractivity contribution is 0.0930. The molecule has 20 heavy (non-hydrogen) atoms. The molecule has 3 N–H and O–H groups in total. The molecule has 0 aliphatic heterocycles. The first-order chi connectivity index (χ1) is 9.74. The average Bonchev–Trinajstić information content (AvgIpc) is 3.09. The van der Waals surface area contributed by atoms with Gasteiger partial charge in [0.25, 0.3) is 5.91 Å². The summed E-state index contributed by atoms with van der Waals surface area (Å²) in [6.07, 6.45) is 4.21. The molecule has 0 unspecified atom stereocenters. The second kappa shape index (κ2) is 5.42. The van der Waals surface area contributed by atoms with Crippen LogP contribution in [0, 0.1) is 0 Å². The van der Waals surface area contributed by atoms with Crippen molar-refractivity contribution in [1.82, 2.24) is 20.3 Å². The molecule has 1 saturated carbocycles. The van der Waals surface area contributed by atoms with Crippen LogP contribution in [0.2, 0.25) is 0 Å². The van der Waals surface area contributed by atoms with Crippen molar-refractivity contribution in [3.8, 4) is 5.69 Å². The average molecular weight is 271 g/mol. The standard InChI is InChI=1S/C14H17N5O/c15-10-6-7-11(8-10)17-14(20)13-9-16-18-19(13)12-4-2-1-3-5-12/h1-5,9-11H,6-8,15H2,(H,17,20)/t10-,11-/m0/s1. The number of para-hydroxylation sites is 1. The van der Waals surface area contributed by atoms with Gasteiger partial charge in [0.15, 0.2) is 5.69 Å². The van der Waals surface area contributed by atoms with E-state index in [2.05, 4.69) is 15.6 Å². The minimum absolute atomic E-state index is 0.150. The van der Waals surface area contributed by atoms with Crippen LogP contribution in [0.5, 0.6) is 0 Å². The minimum atomic E-state index is -0.155. The Morgan fingerprint density at radius 2 is 2.10 bits per heavy atom. The molecule has 3 rings (SSSR count). The van der Waals surface area contributed by atoms with E-state index in [0.29, 0.717) is 5.69 Å². The number of nitrogens with zero attached hydrogens (tertiary/aromatic N) is 3. The highest BCUT2D eigenvalue weighted by molar-refractivity contribution is 5.93. The van der Waals surface area contributed by atoms with Gasteiger partial charge in [0.05, 0.1) is 11.9 Å². The molecule has 1 aromatic carbocycles. The van der Waals surface area contributed by atoms with E-state index >= 15 is 0 Å². The molecule has 1 aliphatic carbocycles. The monoisotopic (exact) mass is 271 g/mol. The maximum Gasteiger partial charge on any atom is 0.271 e. The summed E-state index contributed by atoms with van der Waals surface area (Å²) in [6, 6.07) is 9.83. The predicted octanol–water partition coefficient (Wildman–Crippen LogP) is 0.877. The fourth-order valence-corrected chi connectivity index (χ4v) is 2.56. The van der Waals surface area contributed by atoms with Gasteiger partial charge in [-0.3, -0.25) is 4.79 Å². The zero-order valence-electron chi connectivity index (χ0n) is 11.1. The second-order valence-electron chi connectivity index (χ2n) is 5.11. The third kappa shape index (κ3) is 2.55. The normalized spacial score (nSPS) is 21.9. The van der Waals surface area contributed by atoms with E-state index in [0.717, 1.165) is 24.9 Å². The molecule has 1 fully saturated rings. The van der Waals surface area contributed by atoms with Crippen LogP contribution in [0.15, 0.2) is 36.5 Å². The molecular formula is C14H17N5O. The van der Waals surface area contributed by atoms with Crippen molar-refractivity contribution >= 4 is 5.91 Å². The first kappa shape index (κ1) is 12.8. The lowest BCUT2D eigenvalue weighted by Gasteiger charge is -2.12. The van der Waals surface area contributed by atoms with Gasteiger partial charge in [0.2, 0.25) is 0 Å². The Hall–Kier alpha value is -2.21. The molecular weight excluding hydrogens is 254 g/mol. The summed E-state index contributed by atoms with van der Waals surface area (Å²) in [7, 11) is 0. The first-order valence-corrected chi connectivity index (χ1v) is 6.76. The van der Waals surface area contributed by atoms with Crippen LogP contribution in [0.25, 0.3) is 5.69 Å².